The molecule has 4 rings (SSSR count). The minimum absolute atomic E-state index is 0.272. The third-order valence-electron chi connectivity index (χ3n) is 5.56. The number of aromatic nitrogens is 4. The lowest BCUT2D eigenvalue weighted by Crippen LogP contribution is -2.27. The lowest BCUT2D eigenvalue weighted by molar-refractivity contribution is 0.477. The summed E-state index contributed by atoms with van der Waals surface area (Å²) >= 11 is 0. The first-order valence-corrected chi connectivity index (χ1v) is 12.3. The maximum Gasteiger partial charge on any atom is 0.243 e. The predicted octanol–water partition coefficient (Wildman–Crippen LogP) is 3.97. The summed E-state index contributed by atoms with van der Waals surface area (Å²) in [6.07, 6.45) is 4.44. The fourth-order valence-corrected chi connectivity index (χ4v) is 5.32. The Kier molecular flexibility index (Phi) is 6.43. The summed E-state index contributed by atoms with van der Waals surface area (Å²) in [5.74, 6) is 1.91. The van der Waals surface area contributed by atoms with Gasteiger partial charge in [-0.2, -0.15) is 14.4 Å². The van der Waals surface area contributed by atoms with E-state index in [1.807, 2.05) is 18.5 Å². The number of hydrogen-bond donors (Lipinski definition) is 2. The molecule has 3 heterocycles. The molecule has 1 aromatic carbocycles. The van der Waals surface area contributed by atoms with E-state index in [-0.39, 0.29) is 4.90 Å². The van der Waals surface area contributed by atoms with Crippen LogP contribution in [-0.4, -0.2) is 45.6 Å². The number of hydrogen-bond acceptors (Lipinski definition) is 7. The van der Waals surface area contributed by atoms with Crippen LogP contribution in [0, 0.1) is 13.8 Å². The zero-order valence-corrected chi connectivity index (χ0v) is 19.5. The average molecular weight is 456 g/mol. The van der Waals surface area contributed by atoms with E-state index >= 15 is 0 Å². The Labute approximate surface area is 188 Å². The van der Waals surface area contributed by atoms with Crippen molar-refractivity contribution in [1.29, 1.82) is 0 Å². The lowest BCUT2D eigenvalue weighted by atomic mass is 10.3. The van der Waals surface area contributed by atoms with Gasteiger partial charge in [0, 0.05) is 37.1 Å². The van der Waals surface area contributed by atoms with E-state index in [0.717, 1.165) is 42.9 Å². The summed E-state index contributed by atoms with van der Waals surface area (Å²) in [6.45, 7) is 8.09. The number of benzene rings is 1. The molecule has 1 saturated heterocycles. The molecule has 0 bridgehead atoms. The molecule has 9 nitrogen and oxygen atoms in total. The number of aryl methyl sites for hydroxylation is 2. The van der Waals surface area contributed by atoms with E-state index in [1.165, 1.54) is 4.31 Å². The Morgan fingerprint density at radius 3 is 2.62 bits per heavy atom. The van der Waals surface area contributed by atoms with E-state index < -0.39 is 10.0 Å². The number of nitrogens with zero attached hydrogens (tertiary/aromatic N) is 5. The molecule has 3 aromatic rings. The van der Waals surface area contributed by atoms with Crippen LogP contribution < -0.4 is 10.6 Å². The van der Waals surface area contributed by atoms with Crippen molar-refractivity contribution in [2.45, 2.75) is 51.5 Å². The van der Waals surface area contributed by atoms with Gasteiger partial charge in [-0.1, -0.05) is 13.0 Å². The zero-order chi connectivity index (χ0) is 22.7. The molecule has 1 aliphatic heterocycles. The fourth-order valence-electron chi connectivity index (χ4n) is 3.75. The standard InChI is InChI=1S/C22H29N7O2S/c1-4-12-29-21(16(2)17(3)27-29)25-20-10-11-23-22(26-20)24-18-8-7-9-19(15-18)32(30,31)28-13-5-6-14-28/h7-11,15H,4-6,12-14H2,1-3H3,(H2,23,24,25,26). The molecular formula is C22H29N7O2S. The van der Waals surface area contributed by atoms with Crippen molar-refractivity contribution in [1.82, 2.24) is 24.1 Å². The first-order chi connectivity index (χ1) is 15.4. The molecule has 1 fully saturated rings. The molecule has 0 saturated carbocycles. The van der Waals surface area contributed by atoms with Gasteiger partial charge in [0.2, 0.25) is 16.0 Å². The van der Waals surface area contributed by atoms with Crippen molar-refractivity contribution >= 4 is 33.3 Å². The second-order valence-electron chi connectivity index (χ2n) is 7.94. The first-order valence-electron chi connectivity index (χ1n) is 10.9. The molecule has 170 valence electrons. The van der Waals surface area contributed by atoms with Crippen LogP contribution in [0.1, 0.15) is 37.4 Å². The van der Waals surface area contributed by atoms with E-state index in [0.29, 0.717) is 30.5 Å². The molecule has 32 heavy (non-hydrogen) atoms. The van der Waals surface area contributed by atoms with Crippen molar-refractivity contribution in [2.75, 3.05) is 23.7 Å². The molecule has 0 amide bonds. The van der Waals surface area contributed by atoms with Gasteiger partial charge in [0.25, 0.3) is 0 Å². The molecule has 0 aliphatic carbocycles. The molecule has 0 spiro atoms. The Morgan fingerprint density at radius 1 is 1.09 bits per heavy atom. The third-order valence-corrected chi connectivity index (χ3v) is 7.45. The van der Waals surface area contributed by atoms with Crippen molar-refractivity contribution in [2.24, 2.45) is 0 Å². The molecule has 0 atom stereocenters. The maximum absolute atomic E-state index is 12.9. The van der Waals surface area contributed by atoms with Crippen LogP contribution in [0.4, 0.5) is 23.3 Å². The van der Waals surface area contributed by atoms with E-state index in [1.54, 1.807) is 36.5 Å². The van der Waals surface area contributed by atoms with Gasteiger partial charge in [-0.05, 0) is 57.4 Å². The highest BCUT2D eigenvalue weighted by molar-refractivity contribution is 7.89. The number of anilines is 4. The van der Waals surface area contributed by atoms with E-state index in [2.05, 4.69) is 32.6 Å². The molecule has 2 N–H and O–H groups in total. The van der Waals surface area contributed by atoms with Crippen LogP contribution in [0.25, 0.3) is 0 Å². The van der Waals surface area contributed by atoms with Crippen LogP contribution in [-0.2, 0) is 16.6 Å². The highest BCUT2D eigenvalue weighted by Crippen LogP contribution is 2.26. The lowest BCUT2D eigenvalue weighted by Gasteiger charge is -2.16. The zero-order valence-electron chi connectivity index (χ0n) is 18.7. The highest BCUT2D eigenvalue weighted by atomic mass is 32.2. The monoisotopic (exact) mass is 455 g/mol. The van der Waals surface area contributed by atoms with Crippen molar-refractivity contribution in [3.8, 4) is 0 Å². The van der Waals surface area contributed by atoms with Gasteiger partial charge in [-0.25, -0.2) is 18.1 Å². The fraction of sp³-hybridized carbons (Fsp3) is 0.409. The van der Waals surface area contributed by atoms with Crippen LogP contribution >= 0.6 is 0 Å². The summed E-state index contributed by atoms with van der Waals surface area (Å²) in [6, 6.07) is 8.56. The second kappa shape index (κ2) is 9.25. The highest BCUT2D eigenvalue weighted by Gasteiger charge is 2.27. The van der Waals surface area contributed by atoms with Crippen LogP contribution in [0.5, 0.6) is 0 Å². The van der Waals surface area contributed by atoms with Crippen molar-refractivity contribution in [3.05, 3.63) is 47.8 Å². The van der Waals surface area contributed by atoms with E-state index in [9.17, 15) is 8.42 Å². The Bertz CT molecular complexity index is 1200. The number of rotatable bonds is 8. The van der Waals surface area contributed by atoms with Gasteiger partial charge >= 0.3 is 0 Å². The van der Waals surface area contributed by atoms with Crippen LogP contribution in [0.3, 0.4) is 0 Å². The Balaban J connectivity index is 1.54. The maximum atomic E-state index is 12.9. The summed E-state index contributed by atoms with van der Waals surface area (Å²) < 4.78 is 29.2. The topological polar surface area (TPSA) is 105 Å². The van der Waals surface area contributed by atoms with Gasteiger partial charge in [0.05, 0.1) is 10.6 Å². The first kappa shape index (κ1) is 22.2. The molecule has 2 aromatic heterocycles. The predicted molar refractivity (Wildman–Crippen MR) is 125 cm³/mol. The molecule has 10 heteroatoms. The molecule has 1 aliphatic rings. The van der Waals surface area contributed by atoms with Crippen LogP contribution in [0.15, 0.2) is 41.4 Å². The summed E-state index contributed by atoms with van der Waals surface area (Å²) in [4.78, 5) is 9.11. The van der Waals surface area contributed by atoms with Gasteiger partial charge in [0.15, 0.2) is 0 Å². The second-order valence-corrected chi connectivity index (χ2v) is 9.87. The minimum Gasteiger partial charge on any atom is -0.325 e. The summed E-state index contributed by atoms with van der Waals surface area (Å²) in [7, 11) is -3.48. The van der Waals surface area contributed by atoms with Crippen LogP contribution in [0.2, 0.25) is 0 Å². The summed E-state index contributed by atoms with van der Waals surface area (Å²) in [5.41, 5.74) is 2.67. The normalized spacial score (nSPS) is 14.6. The smallest absolute Gasteiger partial charge is 0.243 e. The third kappa shape index (κ3) is 4.61. The number of sulfonamides is 1. The molecule has 0 unspecified atom stereocenters. The summed E-state index contributed by atoms with van der Waals surface area (Å²) in [5, 5.41) is 11.1. The van der Waals surface area contributed by atoms with Crippen molar-refractivity contribution < 1.29 is 8.42 Å². The average Bonchev–Trinajstić information content (AvgIpc) is 3.40. The molecular weight excluding hydrogens is 426 g/mol. The van der Waals surface area contributed by atoms with Crippen molar-refractivity contribution in [3.63, 3.8) is 0 Å². The quantitative estimate of drug-likeness (QED) is 0.529. The van der Waals surface area contributed by atoms with E-state index in [4.69, 9.17) is 0 Å². The van der Waals surface area contributed by atoms with Gasteiger partial charge in [0.1, 0.15) is 11.6 Å². The molecule has 0 radical (unpaired) electrons. The van der Waals surface area contributed by atoms with Gasteiger partial charge in [-0.3, -0.25) is 0 Å². The minimum atomic E-state index is -3.48. The largest absolute Gasteiger partial charge is 0.325 e. The number of nitrogens with one attached hydrogen (secondary N) is 2. The SMILES string of the molecule is CCCn1nc(C)c(C)c1Nc1ccnc(Nc2cccc(S(=O)(=O)N3CCCC3)c2)n1. The van der Waals surface area contributed by atoms with Gasteiger partial charge in [-0.15, -0.1) is 0 Å². The Morgan fingerprint density at radius 2 is 1.88 bits per heavy atom. The Hall–Kier alpha value is -2.98. The van der Waals surface area contributed by atoms with Gasteiger partial charge < -0.3 is 10.6 Å².